The van der Waals surface area contributed by atoms with Gasteiger partial charge in [0.2, 0.25) is 10.0 Å². The number of hydrogen-bond donors (Lipinski definition) is 1. The molecule has 0 saturated heterocycles. The van der Waals surface area contributed by atoms with Gasteiger partial charge in [-0.25, -0.2) is 12.8 Å². The minimum Gasteiger partial charge on any atom is -0.389 e. The van der Waals surface area contributed by atoms with Gasteiger partial charge in [0.05, 0.1) is 5.60 Å². The fourth-order valence-electron chi connectivity index (χ4n) is 1.48. The summed E-state index contributed by atoms with van der Waals surface area (Å²) in [5, 5.41) is 9.71. The molecular formula is C11H15ClFNO3S. The van der Waals surface area contributed by atoms with E-state index in [1.54, 1.807) is 0 Å². The van der Waals surface area contributed by atoms with Gasteiger partial charge in [-0.15, -0.1) is 0 Å². The zero-order chi connectivity index (χ0) is 14.1. The first-order valence-electron chi connectivity index (χ1n) is 5.18. The van der Waals surface area contributed by atoms with Crippen molar-refractivity contribution in [3.63, 3.8) is 0 Å². The van der Waals surface area contributed by atoms with E-state index in [1.165, 1.54) is 27.0 Å². The zero-order valence-corrected chi connectivity index (χ0v) is 11.9. The summed E-state index contributed by atoms with van der Waals surface area (Å²) in [6, 6.07) is 3.34. The van der Waals surface area contributed by atoms with Gasteiger partial charge in [0.1, 0.15) is 10.7 Å². The van der Waals surface area contributed by atoms with E-state index in [1.807, 2.05) is 0 Å². The second-order valence-electron chi connectivity index (χ2n) is 4.65. The molecule has 102 valence electrons. The number of benzene rings is 1. The molecule has 0 bridgehead atoms. The van der Waals surface area contributed by atoms with Crippen LogP contribution in [0.2, 0.25) is 5.02 Å². The third kappa shape index (κ3) is 3.65. The van der Waals surface area contributed by atoms with Gasteiger partial charge < -0.3 is 5.11 Å². The van der Waals surface area contributed by atoms with E-state index >= 15 is 0 Å². The first kappa shape index (κ1) is 15.4. The predicted octanol–water partition coefficient (Wildman–Crippen LogP) is 1.87. The Kier molecular flexibility index (Phi) is 4.38. The third-order valence-corrected chi connectivity index (χ3v) is 4.26. The van der Waals surface area contributed by atoms with Crippen molar-refractivity contribution in [1.29, 1.82) is 0 Å². The maximum atomic E-state index is 13.6. The molecule has 0 aliphatic rings. The predicted molar refractivity (Wildman–Crippen MR) is 67.5 cm³/mol. The van der Waals surface area contributed by atoms with Gasteiger partial charge in [-0.05, 0) is 32.0 Å². The fraction of sp³-hybridized carbons (Fsp3) is 0.455. The molecular weight excluding hydrogens is 281 g/mol. The molecule has 0 spiro atoms. The van der Waals surface area contributed by atoms with Crippen molar-refractivity contribution in [2.75, 3.05) is 13.6 Å². The second-order valence-corrected chi connectivity index (χ2v) is 7.10. The van der Waals surface area contributed by atoms with Crippen molar-refractivity contribution in [2.24, 2.45) is 0 Å². The summed E-state index contributed by atoms with van der Waals surface area (Å²) in [5.41, 5.74) is -1.20. The molecule has 0 saturated carbocycles. The van der Waals surface area contributed by atoms with Crippen molar-refractivity contribution >= 4 is 21.6 Å². The summed E-state index contributed by atoms with van der Waals surface area (Å²) < 4.78 is 38.6. The highest BCUT2D eigenvalue weighted by molar-refractivity contribution is 7.89. The minimum atomic E-state index is -3.98. The number of halogens is 2. The summed E-state index contributed by atoms with van der Waals surface area (Å²) in [6.45, 7) is 2.80. The summed E-state index contributed by atoms with van der Waals surface area (Å²) >= 11 is 5.56. The van der Waals surface area contributed by atoms with Crippen LogP contribution < -0.4 is 0 Å². The fourth-order valence-corrected chi connectivity index (χ4v) is 3.01. The van der Waals surface area contributed by atoms with Crippen molar-refractivity contribution < 1.29 is 17.9 Å². The number of sulfonamides is 1. The second kappa shape index (κ2) is 5.13. The highest BCUT2D eigenvalue weighted by atomic mass is 35.5. The molecule has 0 aromatic heterocycles. The van der Waals surface area contributed by atoms with E-state index in [0.29, 0.717) is 0 Å². The lowest BCUT2D eigenvalue weighted by Gasteiger charge is -2.25. The van der Waals surface area contributed by atoms with Crippen LogP contribution in [0.25, 0.3) is 0 Å². The average Bonchev–Trinajstić information content (AvgIpc) is 2.13. The average molecular weight is 296 g/mol. The standard InChI is InChI=1S/C11H15ClFNO3S/c1-11(2,15)7-14(3)18(16,17)10-5-4-8(12)6-9(10)13/h4-6,15H,7H2,1-3H3. The van der Waals surface area contributed by atoms with Crippen LogP contribution in [0.3, 0.4) is 0 Å². The summed E-state index contributed by atoms with van der Waals surface area (Å²) in [4.78, 5) is -0.460. The van der Waals surface area contributed by atoms with E-state index in [9.17, 15) is 17.9 Å². The maximum absolute atomic E-state index is 13.6. The SMILES string of the molecule is CN(CC(C)(C)O)S(=O)(=O)c1ccc(Cl)cc1F. The van der Waals surface area contributed by atoms with Gasteiger partial charge in [0, 0.05) is 18.6 Å². The Balaban J connectivity index is 3.14. The molecule has 0 atom stereocenters. The maximum Gasteiger partial charge on any atom is 0.245 e. The largest absolute Gasteiger partial charge is 0.389 e. The van der Waals surface area contributed by atoms with Gasteiger partial charge in [0.15, 0.2) is 0 Å². The molecule has 1 rings (SSSR count). The topological polar surface area (TPSA) is 57.6 Å². The van der Waals surface area contributed by atoms with Crippen LogP contribution in [0, 0.1) is 5.82 Å². The first-order chi connectivity index (χ1) is 8.04. The Bertz CT molecular complexity index is 540. The monoisotopic (exact) mass is 295 g/mol. The van der Waals surface area contributed by atoms with Gasteiger partial charge in [0.25, 0.3) is 0 Å². The Morgan fingerprint density at radius 3 is 2.44 bits per heavy atom. The van der Waals surface area contributed by atoms with Crippen LogP contribution in [0.5, 0.6) is 0 Å². The van der Waals surface area contributed by atoms with E-state index < -0.39 is 26.3 Å². The van der Waals surface area contributed by atoms with Crippen molar-refractivity contribution in [2.45, 2.75) is 24.3 Å². The van der Waals surface area contributed by atoms with Gasteiger partial charge in [-0.2, -0.15) is 4.31 Å². The van der Waals surface area contributed by atoms with Gasteiger partial charge in [-0.3, -0.25) is 0 Å². The first-order valence-corrected chi connectivity index (χ1v) is 6.99. The molecule has 1 aromatic carbocycles. The number of likely N-dealkylation sites (N-methyl/N-ethyl adjacent to an activating group) is 1. The van der Waals surface area contributed by atoms with Crippen molar-refractivity contribution in [3.05, 3.63) is 29.0 Å². The number of nitrogens with zero attached hydrogens (tertiary/aromatic N) is 1. The highest BCUT2D eigenvalue weighted by Crippen LogP contribution is 2.22. The quantitative estimate of drug-likeness (QED) is 0.922. The summed E-state index contributed by atoms with van der Waals surface area (Å²) in [6.07, 6.45) is 0. The Labute approximate surface area is 111 Å². The Morgan fingerprint density at radius 2 is 2.00 bits per heavy atom. The van der Waals surface area contributed by atoms with Crippen molar-refractivity contribution in [1.82, 2.24) is 4.31 Å². The van der Waals surface area contributed by atoms with E-state index in [4.69, 9.17) is 11.6 Å². The van der Waals surface area contributed by atoms with Crippen LogP contribution in [-0.4, -0.2) is 37.0 Å². The zero-order valence-electron chi connectivity index (χ0n) is 10.3. The molecule has 0 unspecified atom stereocenters. The van der Waals surface area contributed by atoms with Gasteiger partial charge >= 0.3 is 0 Å². The molecule has 1 aromatic rings. The Morgan fingerprint density at radius 1 is 1.44 bits per heavy atom. The smallest absolute Gasteiger partial charge is 0.245 e. The number of hydrogen-bond acceptors (Lipinski definition) is 3. The van der Waals surface area contributed by atoms with Crippen LogP contribution in [0.4, 0.5) is 4.39 Å². The van der Waals surface area contributed by atoms with E-state index in [0.717, 1.165) is 16.4 Å². The molecule has 0 fully saturated rings. The van der Waals surface area contributed by atoms with Crippen LogP contribution in [-0.2, 0) is 10.0 Å². The molecule has 7 heteroatoms. The number of aliphatic hydroxyl groups is 1. The molecule has 1 N–H and O–H groups in total. The lowest BCUT2D eigenvalue weighted by atomic mass is 10.1. The lowest BCUT2D eigenvalue weighted by Crippen LogP contribution is -2.39. The molecule has 18 heavy (non-hydrogen) atoms. The highest BCUT2D eigenvalue weighted by Gasteiger charge is 2.28. The molecule has 0 aliphatic heterocycles. The normalized spacial score (nSPS) is 13.1. The molecule has 0 radical (unpaired) electrons. The van der Waals surface area contributed by atoms with Crippen LogP contribution in [0.1, 0.15) is 13.8 Å². The van der Waals surface area contributed by atoms with Gasteiger partial charge in [-0.1, -0.05) is 11.6 Å². The summed E-state index contributed by atoms with van der Waals surface area (Å²) in [5.74, 6) is -0.912. The molecule has 0 heterocycles. The van der Waals surface area contributed by atoms with E-state index in [-0.39, 0.29) is 11.6 Å². The number of rotatable bonds is 4. The van der Waals surface area contributed by atoms with E-state index in [2.05, 4.69) is 0 Å². The van der Waals surface area contributed by atoms with Crippen molar-refractivity contribution in [3.8, 4) is 0 Å². The third-order valence-electron chi connectivity index (χ3n) is 2.19. The summed E-state index contributed by atoms with van der Waals surface area (Å²) in [7, 11) is -2.70. The molecule has 0 aliphatic carbocycles. The minimum absolute atomic E-state index is 0.122. The van der Waals surface area contributed by atoms with Crippen LogP contribution >= 0.6 is 11.6 Å². The molecule has 4 nitrogen and oxygen atoms in total. The lowest BCUT2D eigenvalue weighted by molar-refractivity contribution is 0.0639. The molecule has 0 amide bonds. The Hall–Kier alpha value is -0.690. The van der Waals surface area contributed by atoms with Crippen LogP contribution in [0.15, 0.2) is 23.1 Å².